The Morgan fingerprint density at radius 2 is 1.78 bits per heavy atom. The zero-order chi connectivity index (χ0) is 15.6. The minimum absolute atomic E-state index is 0.850. The second kappa shape index (κ2) is 6.01. The number of aryl methyl sites for hydroxylation is 1. The van der Waals surface area contributed by atoms with Crippen LogP contribution in [0.3, 0.4) is 0 Å². The third-order valence-corrected chi connectivity index (χ3v) is 4.48. The van der Waals surface area contributed by atoms with E-state index in [1.165, 1.54) is 16.5 Å². The highest BCUT2D eigenvalue weighted by Crippen LogP contribution is 2.16. The molecule has 1 fully saturated rings. The van der Waals surface area contributed by atoms with Gasteiger partial charge in [0.25, 0.3) is 0 Å². The SMILES string of the molecule is Cc1ccc(N2CCN(Cn3ncc4ccccc43)CC2)nc1. The number of rotatable bonds is 3. The van der Waals surface area contributed by atoms with Crippen molar-refractivity contribution in [1.29, 1.82) is 0 Å². The quantitative estimate of drug-likeness (QED) is 0.745. The van der Waals surface area contributed by atoms with Crippen molar-refractivity contribution >= 4 is 16.7 Å². The first-order chi connectivity index (χ1) is 11.3. The summed E-state index contributed by atoms with van der Waals surface area (Å²) in [4.78, 5) is 9.34. The zero-order valence-electron chi connectivity index (χ0n) is 13.4. The summed E-state index contributed by atoms with van der Waals surface area (Å²) in [7, 11) is 0. The van der Waals surface area contributed by atoms with E-state index in [1.54, 1.807) is 0 Å². The summed E-state index contributed by atoms with van der Waals surface area (Å²) in [6, 6.07) is 12.6. The Kier molecular flexibility index (Phi) is 3.71. The molecule has 1 aromatic carbocycles. The number of para-hydroxylation sites is 1. The van der Waals surface area contributed by atoms with Crippen molar-refractivity contribution in [1.82, 2.24) is 19.7 Å². The molecule has 0 aliphatic carbocycles. The first-order valence-corrected chi connectivity index (χ1v) is 8.10. The Balaban J connectivity index is 1.41. The molecule has 0 N–H and O–H groups in total. The summed E-state index contributed by atoms with van der Waals surface area (Å²) in [5, 5.41) is 5.73. The van der Waals surface area contributed by atoms with E-state index < -0.39 is 0 Å². The van der Waals surface area contributed by atoms with Crippen molar-refractivity contribution in [3.8, 4) is 0 Å². The summed E-state index contributed by atoms with van der Waals surface area (Å²) in [6.07, 6.45) is 3.89. The molecule has 1 aliphatic heterocycles. The fraction of sp³-hybridized carbons (Fsp3) is 0.333. The van der Waals surface area contributed by atoms with Crippen LogP contribution < -0.4 is 4.90 Å². The van der Waals surface area contributed by atoms with Crippen LogP contribution in [0.1, 0.15) is 5.56 Å². The van der Waals surface area contributed by atoms with Crippen molar-refractivity contribution in [2.24, 2.45) is 0 Å². The lowest BCUT2D eigenvalue weighted by molar-refractivity contribution is 0.199. The van der Waals surface area contributed by atoms with Crippen LogP contribution >= 0.6 is 0 Å². The third-order valence-electron chi connectivity index (χ3n) is 4.48. The van der Waals surface area contributed by atoms with Crippen LogP contribution in [0.2, 0.25) is 0 Å². The molecule has 4 rings (SSSR count). The highest BCUT2D eigenvalue weighted by Gasteiger charge is 2.18. The van der Waals surface area contributed by atoms with E-state index in [0.717, 1.165) is 38.7 Å². The second-order valence-corrected chi connectivity index (χ2v) is 6.14. The van der Waals surface area contributed by atoms with Crippen molar-refractivity contribution in [3.63, 3.8) is 0 Å². The topological polar surface area (TPSA) is 37.2 Å². The standard InChI is InChI=1S/C18H21N5/c1-15-6-7-18(19-12-15)22-10-8-21(9-11-22)14-23-17-5-3-2-4-16(17)13-20-23/h2-7,12-13H,8-11,14H2,1H3. The molecule has 0 atom stereocenters. The van der Waals surface area contributed by atoms with Crippen LogP contribution in [-0.4, -0.2) is 45.8 Å². The first kappa shape index (κ1) is 14.2. The van der Waals surface area contributed by atoms with Gasteiger partial charge in [0.2, 0.25) is 0 Å². The monoisotopic (exact) mass is 307 g/mol. The number of pyridine rings is 1. The molecular weight excluding hydrogens is 286 g/mol. The van der Waals surface area contributed by atoms with Crippen LogP contribution in [0.4, 0.5) is 5.82 Å². The van der Waals surface area contributed by atoms with Gasteiger partial charge in [-0.3, -0.25) is 9.58 Å². The lowest BCUT2D eigenvalue weighted by Crippen LogP contribution is -2.47. The maximum absolute atomic E-state index is 4.53. The molecule has 0 bridgehead atoms. The number of nitrogens with zero attached hydrogens (tertiary/aromatic N) is 5. The maximum Gasteiger partial charge on any atom is 0.128 e. The molecule has 0 unspecified atom stereocenters. The average Bonchev–Trinajstić information content (AvgIpc) is 3.00. The van der Waals surface area contributed by atoms with Gasteiger partial charge in [0.05, 0.1) is 18.4 Å². The van der Waals surface area contributed by atoms with E-state index >= 15 is 0 Å². The highest BCUT2D eigenvalue weighted by atomic mass is 15.4. The molecule has 0 radical (unpaired) electrons. The van der Waals surface area contributed by atoms with Crippen LogP contribution in [0.15, 0.2) is 48.8 Å². The zero-order valence-corrected chi connectivity index (χ0v) is 13.4. The summed E-state index contributed by atoms with van der Waals surface area (Å²) in [5.41, 5.74) is 2.41. The summed E-state index contributed by atoms with van der Waals surface area (Å²) in [6.45, 7) is 7.00. The molecule has 0 spiro atoms. The fourth-order valence-electron chi connectivity index (χ4n) is 3.09. The number of hydrogen-bond acceptors (Lipinski definition) is 4. The Hall–Kier alpha value is -2.40. The molecule has 0 saturated carbocycles. The predicted molar refractivity (Wildman–Crippen MR) is 92.5 cm³/mol. The molecule has 3 heterocycles. The maximum atomic E-state index is 4.53. The smallest absolute Gasteiger partial charge is 0.128 e. The third kappa shape index (κ3) is 2.92. The van der Waals surface area contributed by atoms with Gasteiger partial charge in [0, 0.05) is 37.8 Å². The Labute approximate surface area is 136 Å². The van der Waals surface area contributed by atoms with Gasteiger partial charge in [-0.05, 0) is 24.6 Å². The molecule has 3 aromatic rings. The van der Waals surface area contributed by atoms with Gasteiger partial charge in [-0.25, -0.2) is 4.98 Å². The largest absolute Gasteiger partial charge is 0.354 e. The molecule has 1 saturated heterocycles. The number of aromatic nitrogens is 3. The summed E-state index contributed by atoms with van der Waals surface area (Å²) >= 11 is 0. The second-order valence-electron chi connectivity index (χ2n) is 6.14. The van der Waals surface area contributed by atoms with Gasteiger partial charge in [-0.2, -0.15) is 5.10 Å². The lowest BCUT2D eigenvalue weighted by Gasteiger charge is -2.35. The van der Waals surface area contributed by atoms with E-state index in [2.05, 4.69) is 67.9 Å². The molecule has 118 valence electrons. The van der Waals surface area contributed by atoms with Crippen LogP contribution in [0.5, 0.6) is 0 Å². The highest BCUT2D eigenvalue weighted by molar-refractivity contribution is 5.78. The normalized spacial score (nSPS) is 16.1. The fourth-order valence-corrected chi connectivity index (χ4v) is 3.09. The van der Waals surface area contributed by atoms with E-state index in [1.807, 2.05) is 12.4 Å². The Bertz CT molecular complexity index is 785. The minimum atomic E-state index is 0.850. The number of hydrogen-bond donors (Lipinski definition) is 0. The van der Waals surface area contributed by atoms with Crippen LogP contribution in [-0.2, 0) is 6.67 Å². The number of fused-ring (bicyclic) bond motifs is 1. The Morgan fingerprint density at radius 3 is 2.57 bits per heavy atom. The van der Waals surface area contributed by atoms with Gasteiger partial charge in [-0.1, -0.05) is 24.3 Å². The molecule has 2 aromatic heterocycles. The van der Waals surface area contributed by atoms with Crippen molar-refractivity contribution in [2.45, 2.75) is 13.6 Å². The van der Waals surface area contributed by atoms with Gasteiger partial charge in [0.15, 0.2) is 0 Å². The lowest BCUT2D eigenvalue weighted by atomic mass is 10.2. The molecule has 5 heteroatoms. The molecule has 1 aliphatic rings. The minimum Gasteiger partial charge on any atom is -0.354 e. The van der Waals surface area contributed by atoms with Crippen LogP contribution in [0, 0.1) is 6.92 Å². The van der Waals surface area contributed by atoms with Crippen molar-refractivity contribution in [3.05, 3.63) is 54.4 Å². The van der Waals surface area contributed by atoms with Crippen molar-refractivity contribution < 1.29 is 0 Å². The number of piperazine rings is 1. The van der Waals surface area contributed by atoms with Gasteiger partial charge in [-0.15, -0.1) is 0 Å². The number of benzene rings is 1. The van der Waals surface area contributed by atoms with Gasteiger partial charge < -0.3 is 4.90 Å². The average molecular weight is 307 g/mol. The van der Waals surface area contributed by atoms with E-state index in [-0.39, 0.29) is 0 Å². The van der Waals surface area contributed by atoms with E-state index in [4.69, 9.17) is 0 Å². The molecule has 5 nitrogen and oxygen atoms in total. The molecule has 23 heavy (non-hydrogen) atoms. The van der Waals surface area contributed by atoms with Crippen LogP contribution in [0.25, 0.3) is 10.9 Å². The predicted octanol–water partition coefficient (Wildman–Crippen LogP) is 2.52. The van der Waals surface area contributed by atoms with E-state index in [9.17, 15) is 0 Å². The summed E-state index contributed by atoms with van der Waals surface area (Å²) < 4.78 is 2.09. The molecular formula is C18H21N5. The number of anilines is 1. The Morgan fingerprint density at radius 1 is 0.957 bits per heavy atom. The van der Waals surface area contributed by atoms with Gasteiger partial charge >= 0.3 is 0 Å². The molecule has 0 amide bonds. The van der Waals surface area contributed by atoms with E-state index in [0.29, 0.717) is 0 Å². The van der Waals surface area contributed by atoms with Crippen molar-refractivity contribution in [2.75, 3.05) is 31.1 Å². The van der Waals surface area contributed by atoms with Gasteiger partial charge in [0.1, 0.15) is 5.82 Å². The summed E-state index contributed by atoms with van der Waals surface area (Å²) in [5.74, 6) is 1.08. The first-order valence-electron chi connectivity index (χ1n) is 8.10.